The second-order valence-electron chi connectivity index (χ2n) is 7.27. The van der Waals surface area contributed by atoms with E-state index in [-0.39, 0.29) is 5.78 Å². The van der Waals surface area contributed by atoms with Gasteiger partial charge in [0.1, 0.15) is 5.78 Å². The number of rotatable bonds is 11. The van der Waals surface area contributed by atoms with Gasteiger partial charge in [-0.1, -0.05) is 24.2 Å². The van der Waals surface area contributed by atoms with Crippen LogP contribution in [-0.2, 0) is 11.2 Å². The Morgan fingerprint density at radius 1 is 1.13 bits per heavy atom. The highest BCUT2D eigenvalue weighted by atomic mass is 32.2. The maximum absolute atomic E-state index is 11.7. The van der Waals surface area contributed by atoms with Gasteiger partial charge in [0.2, 0.25) is 17.8 Å². The van der Waals surface area contributed by atoms with Crippen molar-refractivity contribution in [1.82, 2.24) is 25.0 Å². The number of aryl methyl sites for hydroxylation is 1. The summed E-state index contributed by atoms with van der Waals surface area (Å²) in [6.45, 7) is 5.26. The molecule has 0 spiro atoms. The summed E-state index contributed by atoms with van der Waals surface area (Å²) in [5.41, 5.74) is 1.76. The number of benzene rings is 1. The zero-order valence-corrected chi connectivity index (χ0v) is 19.0. The summed E-state index contributed by atoms with van der Waals surface area (Å²) < 4.78 is 5.21. The van der Waals surface area contributed by atoms with E-state index in [0.29, 0.717) is 42.3 Å². The summed E-state index contributed by atoms with van der Waals surface area (Å²) in [4.78, 5) is 28.2. The molecule has 3 aromatic rings. The number of nitrogens with one attached hydrogen (secondary N) is 2. The maximum Gasteiger partial charge on any atom is 0.235 e. The Bertz CT molecular complexity index is 1010. The van der Waals surface area contributed by atoms with Crippen LogP contribution in [-0.4, -0.2) is 58.0 Å². The van der Waals surface area contributed by atoms with Crippen molar-refractivity contribution < 1.29 is 9.32 Å². The molecule has 10 heteroatoms. The summed E-state index contributed by atoms with van der Waals surface area (Å²) in [7, 11) is 4.01. The fourth-order valence-electron chi connectivity index (χ4n) is 2.59. The summed E-state index contributed by atoms with van der Waals surface area (Å²) >= 11 is 1.42. The van der Waals surface area contributed by atoms with Gasteiger partial charge >= 0.3 is 0 Å². The Balaban J connectivity index is 1.76. The van der Waals surface area contributed by atoms with Crippen LogP contribution in [0.1, 0.15) is 24.6 Å². The Morgan fingerprint density at radius 2 is 1.87 bits per heavy atom. The molecular formula is C21H27N7O2S. The van der Waals surface area contributed by atoms with Crippen molar-refractivity contribution >= 4 is 35.3 Å². The van der Waals surface area contributed by atoms with Gasteiger partial charge in [-0.15, -0.1) is 0 Å². The molecule has 2 N–H and O–H groups in total. The Morgan fingerprint density at radius 3 is 2.52 bits per heavy atom. The fraction of sp³-hybridized carbons (Fsp3) is 0.381. The van der Waals surface area contributed by atoms with Crippen LogP contribution in [0, 0.1) is 6.92 Å². The zero-order valence-electron chi connectivity index (χ0n) is 18.2. The number of likely N-dealkylation sites (N-methyl/N-ethyl adjacent to an activating group) is 1. The van der Waals surface area contributed by atoms with Gasteiger partial charge in [-0.05, 0) is 50.5 Å². The largest absolute Gasteiger partial charge is 0.353 e. The number of ketones is 1. The molecule has 0 amide bonds. The van der Waals surface area contributed by atoms with Gasteiger partial charge in [0, 0.05) is 36.9 Å². The van der Waals surface area contributed by atoms with Gasteiger partial charge < -0.3 is 14.7 Å². The van der Waals surface area contributed by atoms with Crippen LogP contribution >= 0.6 is 11.8 Å². The first-order chi connectivity index (χ1) is 14.9. The smallest absolute Gasteiger partial charge is 0.235 e. The Kier molecular flexibility index (Phi) is 7.96. The summed E-state index contributed by atoms with van der Waals surface area (Å²) in [5.74, 6) is 1.53. The molecule has 0 atom stereocenters. The normalized spacial score (nSPS) is 11.0. The second-order valence-corrected chi connectivity index (χ2v) is 8.31. The van der Waals surface area contributed by atoms with E-state index in [9.17, 15) is 4.79 Å². The molecule has 0 aliphatic rings. The lowest BCUT2D eigenvalue weighted by molar-refractivity contribution is -0.118. The molecule has 0 aliphatic heterocycles. The van der Waals surface area contributed by atoms with Gasteiger partial charge in [-0.25, -0.2) is 0 Å². The molecule has 0 unspecified atom stereocenters. The number of anilines is 3. The number of Topliss-reactive ketones (excluding diaryl/α,β-unsaturated/α-hetero) is 1. The predicted octanol–water partition coefficient (Wildman–Crippen LogP) is 3.56. The number of hydrogen-bond donors (Lipinski definition) is 2. The van der Waals surface area contributed by atoms with E-state index in [1.807, 2.05) is 52.2 Å². The molecule has 2 heterocycles. The Labute approximate surface area is 186 Å². The van der Waals surface area contributed by atoms with Crippen LogP contribution in [0.5, 0.6) is 0 Å². The third-order valence-electron chi connectivity index (χ3n) is 4.25. The first kappa shape index (κ1) is 22.7. The van der Waals surface area contributed by atoms with E-state index in [0.717, 1.165) is 22.7 Å². The highest BCUT2D eigenvalue weighted by Crippen LogP contribution is 2.27. The van der Waals surface area contributed by atoms with Crippen molar-refractivity contribution in [3.63, 3.8) is 0 Å². The molecule has 9 nitrogen and oxygen atoms in total. The minimum Gasteiger partial charge on any atom is -0.353 e. The van der Waals surface area contributed by atoms with E-state index < -0.39 is 0 Å². The van der Waals surface area contributed by atoms with Crippen LogP contribution in [0.4, 0.5) is 17.8 Å². The molecule has 2 aromatic heterocycles. The van der Waals surface area contributed by atoms with Crippen LogP contribution in [0.25, 0.3) is 0 Å². The fourth-order valence-corrected chi connectivity index (χ4v) is 3.34. The maximum atomic E-state index is 11.7. The first-order valence-electron chi connectivity index (χ1n) is 10.0. The molecular weight excluding hydrogens is 414 g/mol. The third-order valence-corrected chi connectivity index (χ3v) is 5.12. The SMILES string of the molecule is CCC(=O)Cc1ccc(Sc2nc(NCCN(C)C)nc(Nc3cc(C)no3)n2)cc1. The summed E-state index contributed by atoms with van der Waals surface area (Å²) in [6.07, 6.45) is 1.00. The highest BCUT2D eigenvalue weighted by Gasteiger charge is 2.11. The monoisotopic (exact) mass is 441 g/mol. The van der Waals surface area contributed by atoms with Gasteiger partial charge in [0.05, 0.1) is 5.69 Å². The van der Waals surface area contributed by atoms with Crippen LogP contribution in [0.2, 0.25) is 0 Å². The number of hydrogen-bond acceptors (Lipinski definition) is 10. The molecule has 0 radical (unpaired) electrons. The zero-order chi connectivity index (χ0) is 22.2. The Hall–Kier alpha value is -2.98. The average molecular weight is 442 g/mol. The van der Waals surface area contributed by atoms with Crippen LogP contribution < -0.4 is 10.6 Å². The lowest BCUT2D eigenvalue weighted by Crippen LogP contribution is -2.21. The molecule has 0 saturated carbocycles. The first-order valence-corrected chi connectivity index (χ1v) is 10.9. The minimum atomic E-state index is 0.227. The third kappa shape index (κ3) is 7.34. The van der Waals surface area contributed by atoms with Crippen molar-refractivity contribution in [2.24, 2.45) is 0 Å². The van der Waals surface area contributed by atoms with Crippen molar-refractivity contribution in [3.8, 4) is 0 Å². The van der Waals surface area contributed by atoms with E-state index in [1.165, 1.54) is 11.8 Å². The number of aromatic nitrogens is 4. The molecule has 0 saturated heterocycles. The molecule has 0 aliphatic carbocycles. The molecule has 31 heavy (non-hydrogen) atoms. The second kappa shape index (κ2) is 10.9. The van der Waals surface area contributed by atoms with Gasteiger partial charge in [0.15, 0.2) is 5.16 Å². The van der Waals surface area contributed by atoms with Crippen molar-refractivity contribution in [1.29, 1.82) is 0 Å². The van der Waals surface area contributed by atoms with Crippen LogP contribution in [0.15, 0.2) is 44.9 Å². The molecule has 3 rings (SSSR count). The average Bonchev–Trinajstić information content (AvgIpc) is 3.13. The predicted molar refractivity (Wildman–Crippen MR) is 121 cm³/mol. The van der Waals surface area contributed by atoms with E-state index in [1.54, 1.807) is 6.07 Å². The molecule has 0 bridgehead atoms. The summed E-state index contributed by atoms with van der Waals surface area (Å²) in [5, 5.41) is 10.7. The minimum absolute atomic E-state index is 0.227. The molecule has 1 aromatic carbocycles. The van der Waals surface area contributed by atoms with Gasteiger partial charge in [-0.2, -0.15) is 15.0 Å². The number of nitrogens with zero attached hydrogens (tertiary/aromatic N) is 5. The quantitative estimate of drug-likeness (QED) is 0.458. The van der Waals surface area contributed by atoms with Gasteiger partial charge in [-0.3, -0.25) is 10.1 Å². The van der Waals surface area contributed by atoms with Crippen molar-refractivity contribution in [2.75, 3.05) is 37.8 Å². The van der Waals surface area contributed by atoms with Crippen molar-refractivity contribution in [2.45, 2.75) is 36.7 Å². The van der Waals surface area contributed by atoms with E-state index in [4.69, 9.17) is 4.52 Å². The highest BCUT2D eigenvalue weighted by molar-refractivity contribution is 7.99. The lowest BCUT2D eigenvalue weighted by Gasteiger charge is -2.12. The molecule has 164 valence electrons. The number of carbonyl (C=O) groups excluding carboxylic acids is 1. The van der Waals surface area contributed by atoms with Crippen LogP contribution in [0.3, 0.4) is 0 Å². The summed E-state index contributed by atoms with van der Waals surface area (Å²) in [6, 6.07) is 9.64. The molecule has 0 fully saturated rings. The van der Waals surface area contributed by atoms with Crippen molar-refractivity contribution in [3.05, 3.63) is 41.6 Å². The van der Waals surface area contributed by atoms with E-state index >= 15 is 0 Å². The van der Waals surface area contributed by atoms with E-state index in [2.05, 4.69) is 35.6 Å². The standard InChI is InChI=1S/C21H27N7O2S/c1-5-16(29)13-15-6-8-17(9-7-15)31-21-25-19(22-10-11-28(3)4)24-20(26-21)23-18-12-14(2)27-30-18/h6-9,12H,5,10-11,13H2,1-4H3,(H2,22,23,24,25,26). The lowest BCUT2D eigenvalue weighted by atomic mass is 10.1. The van der Waals surface area contributed by atoms with Gasteiger partial charge in [0.25, 0.3) is 0 Å². The topological polar surface area (TPSA) is 109 Å². The number of carbonyl (C=O) groups is 1.